The largest absolute Gasteiger partial charge is 0.444 e. The number of hydrogen-bond acceptors (Lipinski definition) is 2. The molecule has 0 saturated heterocycles. The Bertz CT molecular complexity index is 824. The molecule has 0 aromatic heterocycles. The fraction of sp³-hybridized carbons (Fsp3) is 0.174. The molecule has 3 aromatic carbocycles. The summed E-state index contributed by atoms with van der Waals surface area (Å²) >= 11 is 0. The van der Waals surface area contributed by atoms with Gasteiger partial charge in [-0.05, 0) is 53.3 Å². The van der Waals surface area contributed by atoms with Crippen LogP contribution in [0.15, 0.2) is 72.8 Å². The number of rotatable bonds is 6. The van der Waals surface area contributed by atoms with E-state index < -0.39 is 6.09 Å². The molecule has 0 aliphatic heterocycles. The standard InChI is InChI=1S/C23H22NO2/c1-2-18-8-10-19(11-9-18)16-20-12-14-22(15-13-20)24-23(25)26-17-21-6-4-3-5-7-21/h3-12,14-15H,2,16-17H2,1H3,(H,24,25). The zero-order valence-electron chi connectivity index (χ0n) is 14.9. The third kappa shape index (κ3) is 5.21. The molecule has 131 valence electrons. The molecule has 0 spiro atoms. The van der Waals surface area contributed by atoms with Gasteiger partial charge in [0.2, 0.25) is 0 Å². The average Bonchev–Trinajstić information content (AvgIpc) is 2.69. The highest BCUT2D eigenvalue weighted by Gasteiger charge is 2.04. The highest BCUT2D eigenvalue weighted by atomic mass is 16.5. The van der Waals surface area contributed by atoms with Crippen LogP contribution in [0.1, 0.15) is 29.2 Å². The van der Waals surface area contributed by atoms with Gasteiger partial charge in [0.25, 0.3) is 0 Å². The molecule has 0 saturated carbocycles. The van der Waals surface area contributed by atoms with E-state index in [0.29, 0.717) is 5.69 Å². The lowest BCUT2D eigenvalue weighted by atomic mass is 10.0. The first kappa shape index (κ1) is 17.7. The molecule has 26 heavy (non-hydrogen) atoms. The summed E-state index contributed by atoms with van der Waals surface area (Å²) in [7, 11) is 0. The van der Waals surface area contributed by atoms with Crippen LogP contribution in [-0.2, 0) is 24.2 Å². The molecule has 0 unspecified atom stereocenters. The van der Waals surface area contributed by atoms with E-state index >= 15 is 0 Å². The number of hydrogen-bond donors (Lipinski definition) is 1. The number of aryl methyl sites for hydroxylation is 1. The molecule has 0 fully saturated rings. The molecule has 1 amide bonds. The van der Waals surface area contributed by atoms with E-state index in [9.17, 15) is 4.79 Å². The number of carbonyl (C=O) groups excluding carboxylic acids is 1. The fourth-order valence-corrected chi connectivity index (χ4v) is 2.63. The smallest absolute Gasteiger partial charge is 0.411 e. The Kier molecular flexibility index (Phi) is 6.05. The number of nitrogens with one attached hydrogen (secondary N) is 1. The lowest BCUT2D eigenvalue weighted by Gasteiger charge is -2.08. The molecule has 3 nitrogen and oxygen atoms in total. The van der Waals surface area contributed by atoms with E-state index in [4.69, 9.17) is 4.74 Å². The number of ether oxygens (including phenoxy) is 1. The van der Waals surface area contributed by atoms with E-state index in [0.717, 1.165) is 24.0 Å². The first-order valence-electron chi connectivity index (χ1n) is 8.79. The van der Waals surface area contributed by atoms with Crippen LogP contribution in [-0.4, -0.2) is 6.09 Å². The van der Waals surface area contributed by atoms with Crippen LogP contribution < -0.4 is 5.32 Å². The minimum Gasteiger partial charge on any atom is -0.444 e. The molecule has 0 heterocycles. The molecule has 1 radical (unpaired) electrons. The van der Waals surface area contributed by atoms with E-state index in [-0.39, 0.29) is 6.61 Å². The highest BCUT2D eigenvalue weighted by molar-refractivity contribution is 5.84. The Hall–Kier alpha value is -3.07. The van der Waals surface area contributed by atoms with Crippen molar-refractivity contribution in [1.82, 2.24) is 0 Å². The Morgan fingerprint density at radius 2 is 1.65 bits per heavy atom. The van der Waals surface area contributed by atoms with Gasteiger partial charge in [0.15, 0.2) is 0 Å². The predicted octanol–water partition coefficient (Wildman–Crippen LogP) is 5.39. The molecule has 1 N–H and O–H groups in total. The molecule has 0 atom stereocenters. The van der Waals surface area contributed by atoms with Crippen molar-refractivity contribution < 1.29 is 9.53 Å². The number of amides is 1. The lowest BCUT2D eigenvalue weighted by Crippen LogP contribution is -2.13. The summed E-state index contributed by atoms with van der Waals surface area (Å²) in [6, 6.07) is 27.1. The normalized spacial score (nSPS) is 10.3. The van der Waals surface area contributed by atoms with Crippen LogP contribution >= 0.6 is 0 Å². The van der Waals surface area contributed by atoms with Crippen molar-refractivity contribution in [2.45, 2.75) is 26.4 Å². The molecule has 0 bridgehead atoms. The van der Waals surface area contributed by atoms with Crippen LogP contribution in [0.25, 0.3) is 0 Å². The average molecular weight is 344 g/mol. The summed E-state index contributed by atoms with van der Waals surface area (Å²) in [6.45, 7) is 2.40. The van der Waals surface area contributed by atoms with E-state index in [1.165, 1.54) is 11.1 Å². The Balaban J connectivity index is 1.51. The van der Waals surface area contributed by atoms with Gasteiger partial charge in [0.1, 0.15) is 6.61 Å². The van der Waals surface area contributed by atoms with E-state index in [1.807, 2.05) is 42.5 Å². The third-order valence-electron chi connectivity index (χ3n) is 4.16. The number of anilines is 1. The lowest BCUT2D eigenvalue weighted by molar-refractivity contribution is 0.155. The monoisotopic (exact) mass is 344 g/mol. The zero-order chi connectivity index (χ0) is 18.2. The molecule has 3 aromatic rings. The van der Waals surface area contributed by atoms with Gasteiger partial charge in [0, 0.05) is 5.69 Å². The molecule has 3 rings (SSSR count). The van der Waals surface area contributed by atoms with Crippen molar-refractivity contribution in [2.75, 3.05) is 5.32 Å². The van der Waals surface area contributed by atoms with Crippen LogP contribution in [0.5, 0.6) is 0 Å². The Labute approximate surface area is 154 Å². The molecule has 0 aliphatic rings. The first-order valence-corrected chi connectivity index (χ1v) is 8.79. The summed E-state index contributed by atoms with van der Waals surface area (Å²) in [5, 5.41) is 2.73. The van der Waals surface area contributed by atoms with Crippen LogP contribution in [0.4, 0.5) is 10.5 Å². The van der Waals surface area contributed by atoms with Gasteiger partial charge in [0.05, 0.1) is 0 Å². The van der Waals surface area contributed by atoms with Crippen LogP contribution in [0, 0.1) is 6.07 Å². The quantitative estimate of drug-likeness (QED) is 0.651. The second-order valence-corrected chi connectivity index (χ2v) is 6.14. The van der Waals surface area contributed by atoms with Crippen molar-refractivity contribution in [3.05, 3.63) is 101 Å². The summed E-state index contributed by atoms with van der Waals surface area (Å²) in [4.78, 5) is 11.9. The minimum atomic E-state index is -0.467. The van der Waals surface area contributed by atoms with Crippen molar-refractivity contribution in [1.29, 1.82) is 0 Å². The molecular weight excluding hydrogens is 322 g/mol. The topological polar surface area (TPSA) is 38.3 Å². The van der Waals surface area contributed by atoms with Gasteiger partial charge in [-0.2, -0.15) is 0 Å². The van der Waals surface area contributed by atoms with Crippen molar-refractivity contribution in [2.24, 2.45) is 0 Å². The Morgan fingerprint density at radius 1 is 0.923 bits per heavy atom. The van der Waals surface area contributed by atoms with E-state index in [2.05, 4.69) is 42.6 Å². The van der Waals surface area contributed by atoms with Crippen molar-refractivity contribution in [3.63, 3.8) is 0 Å². The molecular formula is C23H22NO2. The van der Waals surface area contributed by atoms with Crippen LogP contribution in [0.2, 0.25) is 0 Å². The maximum Gasteiger partial charge on any atom is 0.411 e. The van der Waals surface area contributed by atoms with Gasteiger partial charge >= 0.3 is 6.09 Å². The third-order valence-corrected chi connectivity index (χ3v) is 4.16. The second-order valence-electron chi connectivity index (χ2n) is 6.14. The van der Waals surface area contributed by atoms with Gasteiger partial charge in [-0.1, -0.05) is 67.6 Å². The van der Waals surface area contributed by atoms with Gasteiger partial charge in [-0.15, -0.1) is 0 Å². The summed E-state index contributed by atoms with van der Waals surface area (Å²) < 4.78 is 5.22. The van der Waals surface area contributed by atoms with Crippen molar-refractivity contribution >= 4 is 11.8 Å². The molecule has 3 heteroatoms. The van der Waals surface area contributed by atoms with Gasteiger partial charge < -0.3 is 4.74 Å². The Morgan fingerprint density at radius 3 is 2.31 bits per heavy atom. The number of carbonyl (C=O) groups is 1. The van der Waals surface area contributed by atoms with Gasteiger partial charge in [-0.25, -0.2) is 4.79 Å². The second kappa shape index (κ2) is 8.86. The van der Waals surface area contributed by atoms with Crippen LogP contribution in [0.3, 0.4) is 0 Å². The van der Waals surface area contributed by atoms with Gasteiger partial charge in [-0.3, -0.25) is 5.32 Å². The van der Waals surface area contributed by atoms with Crippen molar-refractivity contribution in [3.8, 4) is 0 Å². The number of benzene rings is 3. The summed E-state index contributed by atoms with van der Waals surface area (Å²) in [5.74, 6) is 0. The van der Waals surface area contributed by atoms with E-state index in [1.54, 1.807) is 6.07 Å². The predicted molar refractivity (Wildman–Crippen MR) is 104 cm³/mol. The SMILES string of the molecule is CCc1ccc(Cc2[c]cc(NC(=O)OCc3ccccc3)cc2)cc1. The first-order chi connectivity index (χ1) is 12.7. The maximum atomic E-state index is 11.9. The fourth-order valence-electron chi connectivity index (χ4n) is 2.63. The summed E-state index contributed by atoms with van der Waals surface area (Å²) in [5.41, 5.74) is 5.30. The molecule has 0 aliphatic carbocycles. The maximum absolute atomic E-state index is 11.9. The highest BCUT2D eigenvalue weighted by Crippen LogP contribution is 2.14. The zero-order valence-corrected chi connectivity index (χ0v) is 14.9. The minimum absolute atomic E-state index is 0.252. The summed E-state index contributed by atoms with van der Waals surface area (Å²) in [6.07, 6.45) is 1.40.